The molecule has 0 saturated carbocycles. The zero-order chi connectivity index (χ0) is 20.1. The van der Waals surface area contributed by atoms with Gasteiger partial charge in [0.1, 0.15) is 21.5 Å². The van der Waals surface area contributed by atoms with Crippen molar-refractivity contribution < 1.29 is 27.1 Å². The molecule has 0 unspecified atom stereocenters. The summed E-state index contributed by atoms with van der Waals surface area (Å²) >= 11 is 1.07. The number of fused-ring (bicyclic) bond motifs is 2. The van der Waals surface area contributed by atoms with E-state index in [-0.39, 0.29) is 10.6 Å². The number of rotatable bonds is 1. The van der Waals surface area contributed by atoms with Crippen LogP contribution in [-0.4, -0.2) is 22.6 Å². The fourth-order valence-corrected chi connectivity index (χ4v) is 4.80. The minimum Gasteiger partial charge on any atom is -0.493 e. The van der Waals surface area contributed by atoms with E-state index in [0.29, 0.717) is 30.4 Å². The maximum Gasteiger partial charge on any atom is 0.416 e. The lowest BCUT2D eigenvalue weighted by molar-refractivity contribution is -0.137. The standard InChI is InChI=1S/C19H14F4N2O2S/c1-11(26)25-18(8-9-27-16-5-3-2-4-14(16)18)28-17(24-25)13-10-12(19(21,22)23)6-7-15(13)20/h2-7,10H,8-9H2,1H3/t18-/m1/s1. The van der Waals surface area contributed by atoms with E-state index in [0.717, 1.165) is 23.9 Å². The molecule has 4 rings (SSSR count). The van der Waals surface area contributed by atoms with Crippen LogP contribution < -0.4 is 4.74 Å². The van der Waals surface area contributed by atoms with Crippen molar-refractivity contribution in [1.29, 1.82) is 0 Å². The fourth-order valence-electron chi connectivity index (χ4n) is 3.37. The molecule has 2 aliphatic heterocycles. The molecule has 9 heteroatoms. The molecule has 1 atom stereocenters. The lowest BCUT2D eigenvalue weighted by Crippen LogP contribution is -2.43. The zero-order valence-electron chi connectivity index (χ0n) is 14.6. The van der Waals surface area contributed by atoms with Crippen LogP contribution in [0.4, 0.5) is 17.6 Å². The highest BCUT2D eigenvalue weighted by Gasteiger charge is 2.51. The Balaban J connectivity index is 1.83. The van der Waals surface area contributed by atoms with Crippen molar-refractivity contribution in [3.63, 3.8) is 0 Å². The number of carbonyl (C=O) groups excluding carboxylic acids is 1. The molecule has 0 N–H and O–H groups in total. The second kappa shape index (κ2) is 6.51. The summed E-state index contributed by atoms with van der Waals surface area (Å²) in [4.78, 5) is 11.3. The second-order valence-corrected chi connectivity index (χ2v) is 7.68. The van der Waals surface area contributed by atoms with Crippen molar-refractivity contribution in [2.24, 2.45) is 5.10 Å². The number of alkyl halides is 3. The molecule has 1 spiro atoms. The van der Waals surface area contributed by atoms with E-state index in [1.54, 1.807) is 24.3 Å². The minimum absolute atomic E-state index is 0.0236. The largest absolute Gasteiger partial charge is 0.493 e. The van der Waals surface area contributed by atoms with Crippen LogP contribution in [0, 0.1) is 5.82 Å². The summed E-state index contributed by atoms with van der Waals surface area (Å²) in [7, 11) is 0. The van der Waals surface area contributed by atoms with Crippen LogP contribution in [0.2, 0.25) is 0 Å². The smallest absolute Gasteiger partial charge is 0.416 e. The quantitative estimate of drug-likeness (QED) is 0.638. The number of ether oxygens (including phenoxy) is 1. The highest BCUT2D eigenvalue weighted by Crippen LogP contribution is 2.54. The van der Waals surface area contributed by atoms with Crippen LogP contribution in [-0.2, 0) is 15.8 Å². The monoisotopic (exact) mass is 410 g/mol. The van der Waals surface area contributed by atoms with Crippen LogP contribution in [0.25, 0.3) is 0 Å². The molecule has 2 aromatic carbocycles. The van der Waals surface area contributed by atoms with Gasteiger partial charge >= 0.3 is 6.18 Å². The molecule has 0 fully saturated rings. The van der Waals surface area contributed by atoms with Gasteiger partial charge in [-0.2, -0.15) is 18.3 Å². The number of benzene rings is 2. The molecule has 0 bridgehead atoms. The Morgan fingerprint density at radius 2 is 2.00 bits per heavy atom. The predicted molar refractivity (Wildman–Crippen MR) is 96.3 cm³/mol. The van der Waals surface area contributed by atoms with Crippen molar-refractivity contribution in [3.8, 4) is 5.75 Å². The summed E-state index contributed by atoms with van der Waals surface area (Å²) < 4.78 is 59.3. The van der Waals surface area contributed by atoms with Gasteiger partial charge in [0.25, 0.3) is 0 Å². The number of hydrogen-bond donors (Lipinski definition) is 0. The first-order valence-corrected chi connectivity index (χ1v) is 9.22. The maximum absolute atomic E-state index is 14.4. The van der Waals surface area contributed by atoms with E-state index in [1.807, 2.05) is 0 Å². The molecule has 0 aromatic heterocycles. The normalized spacial score (nSPS) is 21.3. The molecule has 2 heterocycles. The first-order chi connectivity index (χ1) is 13.2. The SMILES string of the molecule is CC(=O)N1N=C(c2cc(C(F)(F)F)ccc2F)S[C@@]12CCOc1ccccc12. The second-order valence-electron chi connectivity index (χ2n) is 6.41. The molecule has 4 nitrogen and oxygen atoms in total. The number of para-hydroxylation sites is 1. The van der Waals surface area contributed by atoms with E-state index >= 15 is 0 Å². The summed E-state index contributed by atoms with van der Waals surface area (Å²) in [6.45, 7) is 1.61. The van der Waals surface area contributed by atoms with Crippen LogP contribution in [0.15, 0.2) is 47.6 Å². The van der Waals surface area contributed by atoms with E-state index < -0.39 is 28.3 Å². The van der Waals surface area contributed by atoms with Crippen molar-refractivity contribution in [1.82, 2.24) is 5.01 Å². The molecule has 0 aliphatic carbocycles. The van der Waals surface area contributed by atoms with Crippen molar-refractivity contribution >= 4 is 22.7 Å². The van der Waals surface area contributed by atoms with Gasteiger partial charge in [0, 0.05) is 24.5 Å². The van der Waals surface area contributed by atoms with Gasteiger partial charge in [0.2, 0.25) is 5.91 Å². The average molecular weight is 410 g/mol. The van der Waals surface area contributed by atoms with Gasteiger partial charge in [-0.1, -0.05) is 30.0 Å². The van der Waals surface area contributed by atoms with Crippen molar-refractivity contribution in [2.45, 2.75) is 24.4 Å². The van der Waals surface area contributed by atoms with E-state index in [9.17, 15) is 22.4 Å². The van der Waals surface area contributed by atoms with Gasteiger partial charge in [-0.05, 0) is 24.3 Å². The molecule has 0 radical (unpaired) electrons. The predicted octanol–water partition coefficient (Wildman–Crippen LogP) is 4.74. The molecule has 2 aromatic rings. The lowest BCUT2D eigenvalue weighted by atomic mass is 9.99. The Morgan fingerprint density at radius 1 is 1.25 bits per heavy atom. The number of carbonyl (C=O) groups is 1. The molecule has 0 saturated heterocycles. The third kappa shape index (κ3) is 2.94. The third-order valence-electron chi connectivity index (χ3n) is 4.63. The van der Waals surface area contributed by atoms with E-state index in [2.05, 4.69) is 5.10 Å². The molecule has 28 heavy (non-hydrogen) atoms. The summed E-state index contributed by atoms with van der Waals surface area (Å²) in [6, 6.07) is 9.25. The van der Waals surface area contributed by atoms with Gasteiger partial charge < -0.3 is 4.74 Å². The molecular formula is C19H14F4N2O2S. The van der Waals surface area contributed by atoms with Gasteiger partial charge in [-0.3, -0.25) is 4.79 Å². The number of halogens is 4. The van der Waals surface area contributed by atoms with Gasteiger partial charge in [0.05, 0.1) is 12.2 Å². The number of nitrogens with zero attached hydrogens (tertiary/aromatic N) is 2. The molecular weight excluding hydrogens is 396 g/mol. The van der Waals surface area contributed by atoms with Gasteiger partial charge in [-0.15, -0.1) is 0 Å². The average Bonchev–Trinajstić information content (AvgIpc) is 3.01. The number of thioether (sulfide) groups is 1. The molecule has 146 valence electrons. The van der Waals surface area contributed by atoms with Crippen LogP contribution in [0.5, 0.6) is 5.75 Å². The number of hydrogen-bond acceptors (Lipinski definition) is 4. The zero-order valence-corrected chi connectivity index (χ0v) is 15.4. The first kappa shape index (κ1) is 18.8. The minimum atomic E-state index is -4.62. The highest BCUT2D eigenvalue weighted by molar-refractivity contribution is 8.15. The van der Waals surface area contributed by atoms with Gasteiger partial charge in [-0.25, -0.2) is 9.40 Å². The fraction of sp³-hybridized carbons (Fsp3) is 0.263. The van der Waals surface area contributed by atoms with Gasteiger partial charge in [0.15, 0.2) is 0 Å². The third-order valence-corrected chi connectivity index (χ3v) is 6.06. The summed E-state index contributed by atoms with van der Waals surface area (Å²) in [5.41, 5.74) is -0.589. The van der Waals surface area contributed by atoms with Crippen molar-refractivity contribution in [2.75, 3.05) is 6.61 Å². The summed E-state index contributed by atoms with van der Waals surface area (Å²) in [5.74, 6) is -0.666. The maximum atomic E-state index is 14.4. The Kier molecular flexibility index (Phi) is 4.37. The topological polar surface area (TPSA) is 41.9 Å². The Bertz CT molecular complexity index is 992. The Labute approximate surface area is 162 Å². The number of amides is 1. The van der Waals surface area contributed by atoms with Crippen LogP contribution in [0.1, 0.15) is 30.0 Å². The van der Waals surface area contributed by atoms with Crippen molar-refractivity contribution in [3.05, 3.63) is 65.0 Å². The summed E-state index contributed by atoms with van der Waals surface area (Å²) in [5, 5.41) is 5.46. The van der Waals surface area contributed by atoms with E-state index in [4.69, 9.17) is 4.74 Å². The Morgan fingerprint density at radius 3 is 2.71 bits per heavy atom. The van der Waals surface area contributed by atoms with Crippen LogP contribution >= 0.6 is 11.8 Å². The highest BCUT2D eigenvalue weighted by atomic mass is 32.2. The summed E-state index contributed by atoms with van der Waals surface area (Å²) in [6.07, 6.45) is -4.25. The van der Waals surface area contributed by atoms with E-state index in [1.165, 1.54) is 11.9 Å². The first-order valence-electron chi connectivity index (χ1n) is 8.40. The van der Waals surface area contributed by atoms with Crippen LogP contribution in [0.3, 0.4) is 0 Å². The molecule has 1 amide bonds. The lowest BCUT2D eigenvalue weighted by Gasteiger charge is -2.39. The Hall–Kier alpha value is -2.55. The number of hydrazone groups is 1. The molecule has 2 aliphatic rings.